The van der Waals surface area contributed by atoms with Gasteiger partial charge >= 0.3 is 6.03 Å². The summed E-state index contributed by atoms with van der Waals surface area (Å²) in [7, 11) is 0. The molecule has 0 bridgehead atoms. The van der Waals surface area contributed by atoms with Crippen molar-refractivity contribution < 1.29 is 14.3 Å². The average Bonchev–Trinajstić information content (AvgIpc) is 2.82. The second-order valence-electron chi connectivity index (χ2n) is 5.35. The molecule has 0 aromatic carbocycles. The smallest absolute Gasteiger partial charge is 0.312 e. The minimum absolute atomic E-state index is 0.0776. The van der Waals surface area contributed by atoms with Crippen LogP contribution in [0.15, 0.2) is 0 Å². The molecular weight excluding hydrogens is 248 g/mol. The molecule has 2 saturated heterocycles. The van der Waals surface area contributed by atoms with E-state index in [0.717, 1.165) is 19.4 Å². The summed E-state index contributed by atoms with van der Waals surface area (Å²) in [4.78, 5) is 24.9. The second kappa shape index (κ2) is 6.21. The third-order valence-electron chi connectivity index (χ3n) is 3.84. The molecule has 0 aromatic heterocycles. The number of piperidine rings is 1. The van der Waals surface area contributed by atoms with Crippen LogP contribution >= 0.6 is 0 Å². The number of nitrogens with one attached hydrogen (secondary N) is 1. The summed E-state index contributed by atoms with van der Waals surface area (Å²) < 4.78 is 5.24. The number of carbonyl (C=O) groups excluding carboxylic acids is 2. The molecule has 5 N–H and O–H groups in total. The Balaban J connectivity index is 1.86. The molecule has 3 amide bonds. The fourth-order valence-corrected chi connectivity index (χ4v) is 2.74. The van der Waals surface area contributed by atoms with Gasteiger partial charge in [-0.15, -0.1) is 0 Å². The van der Waals surface area contributed by atoms with Gasteiger partial charge in [-0.05, 0) is 18.8 Å². The molecule has 0 aliphatic carbocycles. The van der Waals surface area contributed by atoms with E-state index in [1.807, 2.05) is 4.90 Å². The zero-order valence-corrected chi connectivity index (χ0v) is 11.0. The van der Waals surface area contributed by atoms with Crippen molar-refractivity contribution in [2.75, 3.05) is 32.8 Å². The Hall–Kier alpha value is -1.34. The maximum Gasteiger partial charge on any atom is 0.312 e. The maximum atomic E-state index is 12.3. The first-order valence-corrected chi connectivity index (χ1v) is 6.73. The predicted octanol–water partition coefficient (Wildman–Crippen LogP) is -1.13. The Morgan fingerprint density at radius 2 is 2.16 bits per heavy atom. The van der Waals surface area contributed by atoms with Crippen LogP contribution in [-0.2, 0) is 9.53 Å². The Morgan fingerprint density at radius 3 is 2.79 bits per heavy atom. The SMILES string of the molecule is NC(=O)NCC1CCCN(C(=O)C2COCC2N)C1. The number of rotatable bonds is 3. The van der Waals surface area contributed by atoms with Crippen molar-refractivity contribution in [3.63, 3.8) is 0 Å². The summed E-state index contributed by atoms with van der Waals surface area (Å²) in [5.74, 6) is 0.125. The van der Waals surface area contributed by atoms with Crippen molar-refractivity contribution in [3.05, 3.63) is 0 Å². The van der Waals surface area contributed by atoms with Crippen LogP contribution in [0.1, 0.15) is 12.8 Å². The van der Waals surface area contributed by atoms with Crippen LogP contribution in [0.25, 0.3) is 0 Å². The van der Waals surface area contributed by atoms with Gasteiger partial charge in [0.1, 0.15) is 0 Å². The number of nitrogens with two attached hydrogens (primary N) is 2. The fourth-order valence-electron chi connectivity index (χ4n) is 2.74. The minimum Gasteiger partial charge on any atom is -0.379 e. The van der Waals surface area contributed by atoms with Gasteiger partial charge in [0.25, 0.3) is 0 Å². The van der Waals surface area contributed by atoms with Gasteiger partial charge in [0.15, 0.2) is 0 Å². The molecule has 3 atom stereocenters. The van der Waals surface area contributed by atoms with Crippen molar-refractivity contribution in [2.45, 2.75) is 18.9 Å². The van der Waals surface area contributed by atoms with E-state index in [1.54, 1.807) is 0 Å². The largest absolute Gasteiger partial charge is 0.379 e. The molecule has 3 unspecified atom stereocenters. The van der Waals surface area contributed by atoms with E-state index in [9.17, 15) is 9.59 Å². The lowest BCUT2D eigenvalue weighted by atomic mass is 9.95. The van der Waals surface area contributed by atoms with E-state index in [4.69, 9.17) is 16.2 Å². The summed E-state index contributed by atoms with van der Waals surface area (Å²) in [6.45, 7) is 2.81. The van der Waals surface area contributed by atoms with E-state index in [2.05, 4.69) is 5.32 Å². The quantitative estimate of drug-likeness (QED) is 0.602. The topological polar surface area (TPSA) is 111 Å². The molecule has 0 saturated carbocycles. The molecule has 19 heavy (non-hydrogen) atoms. The summed E-state index contributed by atoms with van der Waals surface area (Å²) in [6.07, 6.45) is 1.94. The number of urea groups is 1. The third kappa shape index (κ3) is 3.57. The monoisotopic (exact) mass is 270 g/mol. The number of amides is 3. The number of likely N-dealkylation sites (tertiary alicyclic amines) is 1. The van der Waals surface area contributed by atoms with Crippen LogP contribution < -0.4 is 16.8 Å². The van der Waals surface area contributed by atoms with Gasteiger partial charge in [-0.2, -0.15) is 0 Å². The lowest BCUT2D eigenvalue weighted by Gasteiger charge is -2.34. The molecule has 2 fully saturated rings. The number of hydrogen-bond donors (Lipinski definition) is 3. The molecule has 2 aliphatic rings. The van der Waals surface area contributed by atoms with Crippen LogP contribution in [0, 0.1) is 11.8 Å². The predicted molar refractivity (Wildman–Crippen MR) is 69.2 cm³/mol. The van der Waals surface area contributed by atoms with E-state index in [0.29, 0.717) is 26.3 Å². The number of hydrogen-bond acceptors (Lipinski definition) is 4. The first kappa shape index (κ1) is 14.1. The summed E-state index contributed by atoms with van der Waals surface area (Å²) in [5, 5.41) is 2.60. The number of primary amides is 1. The van der Waals surface area contributed by atoms with Gasteiger partial charge in [-0.25, -0.2) is 4.79 Å². The molecule has 0 radical (unpaired) electrons. The molecule has 7 heteroatoms. The minimum atomic E-state index is -0.519. The molecule has 0 aromatic rings. The van der Waals surface area contributed by atoms with Gasteiger partial charge in [0.05, 0.1) is 19.1 Å². The van der Waals surface area contributed by atoms with Gasteiger partial charge in [0.2, 0.25) is 5.91 Å². The van der Waals surface area contributed by atoms with Gasteiger partial charge in [-0.3, -0.25) is 4.79 Å². The van der Waals surface area contributed by atoms with Crippen molar-refractivity contribution in [1.29, 1.82) is 0 Å². The zero-order chi connectivity index (χ0) is 13.8. The van der Waals surface area contributed by atoms with Crippen molar-refractivity contribution in [1.82, 2.24) is 10.2 Å². The normalized spacial score (nSPS) is 31.2. The molecule has 7 nitrogen and oxygen atoms in total. The van der Waals surface area contributed by atoms with Crippen LogP contribution in [0.5, 0.6) is 0 Å². The fraction of sp³-hybridized carbons (Fsp3) is 0.833. The Morgan fingerprint density at radius 1 is 1.37 bits per heavy atom. The van der Waals surface area contributed by atoms with Gasteiger partial charge in [0, 0.05) is 25.7 Å². The zero-order valence-electron chi connectivity index (χ0n) is 11.0. The molecule has 2 rings (SSSR count). The van der Waals surface area contributed by atoms with Crippen molar-refractivity contribution in [2.24, 2.45) is 23.3 Å². The molecule has 2 aliphatic heterocycles. The third-order valence-corrected chi connectivity index (χ3v) is 3.84. The van der Waals surface area contributed by atoms with Gasteiger partial charge in [-0.1, -0.05) is 0 Å². The summed E-state index contributed by atoms with van der Waals surface area (Å²) >= 11 is 0. The van der Waals surface area contributed by atoms with E-state index in [1.165, 1.54) is 0 Å². The van der Waals surface area contributed by atoms with Crippen LogP contribution in [-0.4, -0.2) is 55.7 Å². The summed E-state index contributed by atoms with van der Waals surface area (Å²) in [5.41, 5.74) is 10.9. The van der Waals surface area contributed by atoms with Crippen LogP contribution in [0.3, 0.4) is 0 Å². The Kier molecular flexibility index (Phi) is 4.60. The van der Waals surface area contributed by atoms with Crippen LogP contribution in [0.4, 0.5) is 4.79 Å². The first-order chi connectivity index (χ1) is 9.08. The lowest BCUT2D eigenvalue weighted by molar-refractivity contribution is -0.137. The number of carbonyl (C=O) groups is 2. The standard InChI is InChI=1S/C12H22N4O3/c13-10-7-19-6-9(10)11(17)16-3-1-2-8(5-16)4-15-12(14)18/h8-10H,1-7,13H2,(H3,14,15,18). The van der Waals surface area contributed by atoms with E-state index < -0.39 is 6.03 Å². The second-order valence-corrected chi connectivity index (χ2v) is 5.35. The number of ether oxygens (including phenoxy) is 1. The first-order valence-electron chi connectivity index (χ1n) is 6.73. The van der Waals surface area contributed by atoms with Gasteiger partial charge < -0.3 is 26.4 Å². The molecule has 2 heterocycles. The number of nitrogens with zero attached hydrogens (tertiary/aromatic N) is 1. The molecular formula is C12H22N4O3. The van der Waals surface area contributed by atoms with E-state index in [-0.39, 0.29) is 23.8 Å². The van der Waals surface area contributed by atoms with Crippen molar-refractivity contribution >= 4 is 11.9 Å². The summed E-state index contributed by atoms with van der Waals surface area (Å²) in [6, 6.07) is -0.716. The van der Waals surface area contributed by atoms with Crippen LogP contribution in [0.2, 0.25) is 0 Å². The Bertz CT molecular complexity index is 350. The highest BCUT2D eigenvalue weighted by Gasteiger charge is 2.35. The highest BCUT2D eigenvalue weighted by atomic mass is 16.5. The molecule has 0 spiro atoms. The highest BCUT2D eigenvalue weighted by Crippen LogP contribution is 2.21. The highest BCUT2D eigenvalue weighted by molar-refractivity contribution is 5.80. The molecule has 108 valence electrons. The maximum absolute atomic E-state index is 12.3. The Labute approximate surface area is 112 Å². The lowest BCUT2D eigenvalue weighted by Crippen LogP contribution is -2.49. The van der Waals surface area contributed by atoms with Crippen molar-refractivity contribution in [3.8, 4) is 0 Å². The van der Waals surface area contributed by atoms with E-state index >= 15 is 0 Å². The average molecular weight is 270 g/mol.